The van der Waals surface area contributed by atoms with Gasteiger partial charge in [-0.25, -0.2) is 4.79 Å². The van der Waals surface area contributed by atoms with Gasteiger partial charge in [0, 0.05) is 28.1 Å². The number of hydrogen-bond donors (Lipinski definition) is 0. The standard InChI is InChI=1S/C16H9Br2Cl2NO4/c1-8(21(23)24)4-9-5-10(17)6-13(18)15(9)25-16(22)12-3-2-11(19)7-14(12)20/h2-7H,1H3/b8-4+. The number of nitrogens with zero attached hydrogens (tertiary/aromatic N) is 1. The van der Waals surface area contributed by atoms with Crippen molar-refractivity contribution in [3.05, 3.63) is 76.3 Å². The Morgan fingerprint density at radius 3 is 2.52 bits per heavy atom. The number of nitro groups is 1. The normalized spacial score (nSPS) is 11.3. The fourth-order valence-corrected chi connectivity index (χ4v) is 3.70. The van der Waals surface area contributed by atoms with Crippen LogP contribution in [0.5, 0.6) is 5.75 Å². The van der Waals surface area contributed by atoms with Gasteiger partial charge >= 0.3 is 5.97 Å². The molecule has 2 aromatic carbocycles. The zero-order chi connectivity index (χ0) is 18.7. The number of halogens is 4. The summed E-state index contributed by atoms with van der Waals surface area (Å²) in [4.78, 5) is 22.8. The fourth-order valence-electron chi connectivity index (χ4n) is 1.88. The van der Waals surface area contributed by atoms with Crippen molar-refractivity contribution in [1.82, 2.24) is 0 Å². The van der Waals surface area contributed by atoms with E-state index in [0.717, 1.165) is 0 Å². The summed E-state index contributed by atoms with van der Waals surface area (Å²) < 4.78 is 6.52. The van der Waals surface area contributed by atoms with Gasteiger partial charge in [0.05, 0.1) is 20.0 Å². The van der Waals surface area contributed by atoms with Crippen LogP contribution in [0.25, 0.3) is 6.08 Å². The Bertz CT molecular complexity index is 900. The second-order valence-electron chi connectivity index (χ2n) is 4.86. The van der Waals surface area contributed by atoms with Crippen LogP contribution < -0.4 is 4.74 Å². The highest BCUT2D eigenvalue weighted by atomic mass is 79.9. The van der Waals surface area contributed by atoms with E-state index in [1.165, 1.54) is 31.2 Å². The number of esters is 1. The molecule has 2 rings (SSSR count). The van der Waals surface area contributed by atoms with Gasteiger partial charge in [0.25, 0.3) is 0 Å². The molecular formula is C16H9Br2Cl2NO4. The highest BCUT2D eigenvalue weighted by Crippen LogP contribution is 2.35. The van der Waals surface area contributed by atoms with E-state index in [-0.39, 0.29) is 22.0 Å². The third kappa shape index (κ3) is 5.04. The molecule has 25 heavy (non-hydrogen) atoms. The van der Waals surface area contributed by atoms with Crippen LogP contribution in [0, 0.1) is 10.1 Å². The van der Waals surface area contributed by atoms with E-state index < -0.39 is 10.9 Å². The van der Waals surface area contributed by atoms with Gasteiger partial charge in [0.2, 0.25) is 5.70 Å². The molecule has 0 aromatic heterocycles. The minimum Gasteiger partial charge on any atom is -0.421 e. The Hall–Kier alpha value is -1.41. The highest BCUT2D eigenvalue weighted by Gasteiger charge is 2.18. The minimum absolute atomic E-state index is 0.105. The van der Waals surface area contributed by atoms with E-state index >= 15 is 0 Å². The lowest BCUT2D eigenvalue weighted by molar-refractivity contribution is -0.422. The molecule has 0 aliphatic heterocycles. The molecule has 0 N–H and O–H groups in total. The van der Waals surface area contributed by atoms with Crippen LogP contribution in [0.15, 0.2) is 45.0 Å². The Kier molecular flexibility index (Phi) is 6.62. The molecule has 5 nitrogen and oxygen atoms in total. The predicted molar refractivity (Wildman–Crippen MR) is 104 cm³/mol. The van der Waals surface area contributed by atoms with Gasteiger partial charge in [-0.15, -0.1) is 0 Å². The van der Waals surface area contributed by atoms with Gasteiger partial charge in [0.15, 0.2) is 5.75 Å². The SMILES string of the molecule is C/C(=C\c1cc(Br)cc(Br)c1OC(=O)c1ccc(Cl)cc1Cl)[N+](=O)[O-]. The van der Waals surface area contributed by atoms with E-state index in [4.69, 9.17) is 27.9 Å². The van der Waals surface area contributed by atoms with E-state index in [1.54, 1.807) is 12.1 Å². The van der Waals surface area contributed by atoms with Crippen LogP contribution in [-0.4, -0.2) is 10.9 Å². The number of ether oxygens (including phenoxy) is 1. The summed E-state index contributed by atoms with van der Waals surface area (Å²) in [6.07, 6.45) is 1.31. The molecule has 0 radical (unpaired) electrons. The largest absolute Gasteiger partial charge is 0.421 e. The van der Waals surface area contributed by atoms with Crippen LogP contribution in [0.1, 0.15) is 22.8 Å². The molecule has 0 bridgehead atoms. The van der Waals surface area contributed by atoms with Crippen molar-refractivity contribution in [1.29, 1.82) is 0 Å². The Labute approximate surface area is 170 Å². The third-order valence-corrected chi connectivity index (χ3v) is 4.63. The first-order valence-electron chi connectivity index (χ1n) is 6.68. The summed E-state index contributed by atoms with van der Waals surface area (Å²) in [5.74, 6) is -0.571. The molecule has 2 aromatic rings. The Balaban J connectivity index is 2.46. The fraction of sp³-hybridized carbons (Fsp3) is 0.0625. The molecule has 0 atom stereocenters. The summed E-state index contributed by atoms with van der Waals surface area (Å²) in [6.45, 7) is 1.34. The first-order chi connectivity index (χ1) is 11.7. The smallest absolute Gasteiger partial charge is 0.345 e. The predicted octanol–water partition coefficient (Wildman–Crippen LogP) is 6.38. The summed E-state index contributed by atoms with van der Waals surface area (Å²) in [6, 6.07) is 7.64. The number of carbonyl (C=O) groups is 1. The molecule has 0 saturated heterocycles. The maximum Gasteiger partial charge on any atom is 0.345 e. The van der Waals surface area contributed by atoms with Crippen LogP contribution in [-0.2, 0) is 0 Å². The van der Waals surface area contributed by atoms with Crippen molar-refractivity contribution >= 4 is 67.1 Å². The molecule has 0 saturated carbocycles. The maximum absolute atomic E-state index is 12.4. The topological polar surface area (TPSA) is 69.4 Å². The van der Waals surface area contributed by atoms with Crippen molar-refractivity contribution < 1.29 is 14.5 Å². The average Bonchev–Trinajstić information content (AvgIpc) is 2.50. The minimum atomic E-state index is -0.710. The average molecular weight is 510 g/mol. The first-order valence-corrected chi connectivity index (χ1v) is 9.02. The summed E-state index contributed by atoms with van der Waals surface area (Å²) in [5, 5.41) is 11.4. The van der Waals surface area contributed by atoms with Gasteiger partial charge in [-0.2, -0.15) is 0 Å². The van der Waals surface area contributed by atoms with Crippen molar-refractivity contribution in [3.63, 3.8) is 0 Å². The van der Waals surface area contributed by atoms with Gasteiger partial charge in [-0.3, -0.25) is 10.1 Å². The lowest BCUT2D eigenvalue weighted by Crippen LogP contribution is -2.10. The van der Waals surface area contributed by atoms with E-state index in [1.807, 2.05) is 0 Å². The third-order valence-electron chi connectivity index (χ3n) is 3.04. The van der Waals surface area contributed by atoms with Gasteiger partial charge in [-0.1, -0.05) is 39.1 Å². The summed E-state index contributed by atoms with van der Waals surface area (Å²) in [5.41, 5.74) is 0.377. The number of hydrogen-bond acceptors (Lipinski definition) is 4. The monoisotopic (exact) mass is 507 g/mol. The molecule has 130 valence electrons. The molecule has 9 heteroatoms. The number of benzene rings is 2. The van der Waals surface area contributed by atoms with Crippen molar-refractivity contribution in [2.45, 2.75) is 6.92 Å². The molecule has 0 unspecified atom stereocenters. The number of rotatable bonds is 4. The molecule has 0 amide bonds. The van der Waals surface area contributed by atoms with Crippen molar-refractivity contribution in [2.75, 3.05) is 0 Å². The van der Waals surface area contributed by atoms with Crippen LogP contribution in [0.2, 0.25) is 10.0 Å². The van der Waals surface area contributed by atoms with Crippen LogP contribution in [0.3, 0.4) is 0 Å². The second kappa shape index (κ2) is 8.31. The highest BCUT2D eigenvalue weighted by molar-refractivity contribution is 9.11. The number of allylic oxidation sites excluding steroid dienone is 1. The van der Waals surface area contributed by atoms with E-state index in [9.17, 15) is 14.9 Å². The lowest BCUT2D eigenvalue weighted by Gasteiger charge is -2.11. The molecule has 0 aliphatic rings. The summed E-state index contributed by atoms with van der Waals surface area (Å²) in [7, 11) is 0. The summed E-state index contributed by atoms with van der Waals surface area (Å²) >= 11 is 18.4. The molecule has 0 spiro atoms. The van der Waals surface area contributed by atoms with Gasteiger partial charge in [0.1, 0.15) is 0 Å². The van der Waals surface area contributed by atoms with Crippen LogP contribution in [0.4, 0.5) is 0 Å². The zero-order valence-electron chi connectivity index (χ0n) is 12.6. The van der Waals surface area contributed by atoms with Gasteiger partial charge in [-0.05, 0) is 46.3 Å². The van der Waals surface area contributed by atoms with Crippen molar-refractivity contribution in [3.8, 4) is 5.75 Å². The molecular weight excluding hydrogens is 501 g/mol. The molecule has 0 aliphatic carbocycles. The van der Waals surface area contributed by atoms with Crippen molar-refractivity contribution in [2.24, 2.45) is 0 Å². The van der Waals surface area contributed by atoms with Gasteiger partial charge < -0.3 is 4.74 Å². The maximum atomic E-state index is 12.4. The van der Waals surface area contributed by atoms with Crippen LogP contribution >= 0.6 is 55.1 Å². The number of carbonyl (C=O) groups excluding carboxylic acids is 1. The zero-order valence-corrected chi connectivity index (χ0v) is 17.2. The quantitative estimate of drug-likeness (QED) is 0.208. The van der Waals surface area contributed by atoms with E-state index in [0.29, 0.717) is 19.5 Å². The molecule has 0 heterocycles. The first kappa shape index (κ1) is 19.9. The lowest BCUT2D eigenvalue weighted by atomic mass is 10.1. The second-order valence-corrected chi connectivity index (χ2v) is 7.48. The Morgan fingerprint density at radius 2 is 1.92 bits per heavy atom. The molecule has 0 fully saturated rings. The Morgan fingerprint density at radius 1 is 1.24 bits per heavy atom. The van der Waals surface area contributed by atoms with E-state index in [2.05, 4.69) is 31.9 Å².